The molecule has 0 amide bonds. The molecule has 1 nitrogen and oxygen atoms in total. The lowest BCUT2D eigenvalue weighted by Crippen LogP contribution is -2.00. The van der Waals surface area contributed by atoms with Crippen molar-refractivity contribution in [2.45, 2.75) is 10.2 Å². The van der Waals surface area contributed by atoms with E-state index in [0.29, 0.717) is 6.61 Å². The number of alkyl halides is 3. The fourth-order valence-corrected chi connectivity index (χ4v) is 1.41. The standard InChI is InChI=1S/C9H9BrCl2O/c1-2-13-8-5-3-4-7(6-8)9(10,11)12/h3-6H,2H2,1H3. The lowest BCUT2D eigenvalue weighted by atomic mass is 10.2. The van der Waals surface area contributed by atoms with Gasteiger partial charge in [-0.15, -0.1) is 0 Å². The van der Waals surface area contributed by atoms with Gasteiger partial charge in [0.05, 0.1) is 6.61 Å². The molecule has 1 aromatic carbocycles. The normalized spacial score (nSPS) is 11.4. The van der Waals surface area contributed by atoms with Gasteiger partial charge in [-0.1, -0.05) is 35.3 Å². The highest BCUT2D eigenvalue weighted by Crippen LogP contribution is 2.41. The van der Waals surface area contributed by atoms with E-state index in [9.17, 15) is 0 Å². The number of halogens is 3. The minimum atomic E-state index is -1.04. The molecule has 0 saturated heterocycles. The fourth-order valence-electron chi connectivity index (χ4n) is 0.929. The number of hydrogen-bond acceptors (Lipinski definition) is 1. The maximum Gasteiger partial charge on any atom is 0.197 e. The van der Waals surface area contributed by atoms with Gasteiger partial charge >= 0.3 is 0 Å². The summed E-state index contributed by atoms with van der Waals surface area (Å²) in [6.07, 6.45) is 0. The third-order valence-corrected chi connectivity index (χ3v) is 2.37. The monoisotopic (exact) mass is 282 g/mol. The molecule has 0 aliphatic carbocycles. The van der Waals surface area contributed by atoms with Crippen molar-refractivity contribution in [2.75, 3.05) is 6.61 Å². The van der Waals surface area contributed by atoms with Crippen LogP contribution in [0.25, 0.3) is 0 Å². The Hall–Kier alpha value is 0.0800. The first-order chi connectivity index (χ1) is 6.04. The lowest BCUT2D eigenvalue weighted by molar-refractivity contribution is 0.340. The maximum absolute atomic E-state index is 5.86. The summed E-state index contributed by atoms with van der Waals surface area (Å²) in [5.41, 5.74) is 0.766. The van der Waals surface area contributed by atoms with Crippen molar-refractivity contribution >= 4 is 39.1 Å². The lowest BCUT2D eigenvalue weighted by Gasteiger charge is -2.12. The number of benzene rings is 1. The predicted molar refractivity (Wildman–Crippen MR) is 59.9 cm³/mol. The Kier molecular flexibility index (Phi) is 3.89. The summed E-state index contributed by atoms with van der Waals surface area (Å²) < 4.78 is 4.26. The molecule has 0 aliphatic heterocycles. The minimum Gasteiger partial charge on any atom is -0.494 e. The van der Waals surface area contributed by atoms with E-state index in [4.69, 9.17) is 27.9 Å². The second-order valence-corrected chi connectivity index (χ2v) is 5.89. The van der Waals surface area contributed by atoms with Crippen LogP contribution in [0.4, 0.5) is 0 Å². The summed E-state index contributed by atoms with van der Waals surface area (Å²) in [4.78, 5) is 0. The summed E-state index contributed by atoms with van der Waals surface area (Å²) in [5, 5.41) is 0. The van der Waals surface area contributed by atoms with Gasteiger partial charge in [-0.25, -0.2) is 0 Å². The minimum absolute atomic E-state index is 0.628. The van der Waals surface area contributed by atoms with Crippen LogP contribution in [0.2, 0.25) is 0 Å². The smallest absolute Gasteiger partial charge is 0.197 e. The molecule has 0 bridgehead atoms. The number of hydrogen-bond donors (Lipinski definition) is 0. The van der Waals surface area contributed by atoms with E-state index in [-0.39, 0.29) is 0 Å². The molecule has 1 aromatic rings. The molecule has 1 rings (SSSR count). The van der Waals surface area contributed by atoms with Crippen LogP contribution in [0, 0.1) is 0 Å². The van der Waals surface area contributed by atoms with Crippen LogP contribution in [0.15, 0.2) is 24.3 Å². The third-order valence-electron chi connectivity index (χ3n) is 1.47. The molecular formula is C9H9BrCl2O. The van der Waals surface area contributed by atoms with Gasteiger partial charge in [-0.05, 0) is 35.0 Å². The van der Waals surface area contributed by atoms with Crippen molar-refractivity contribution in [1.29, 1.82) is 0 Å². The van der Waals surface area contributed by atoms with E-state index in [0.717, 1.165) is 11.3 Å². The molecule has 0 unspecified atom stereocenters. The summed E-state index contributed by atoms with van der Waals surface area (Å²) in [5.74, 6) is 0.769. The molecule has 0 atom stereocenters. The Morgan fingerprint density at radius 3 is 2.69 bits per heavy atom. The molecule has 0 N–H and O–H groups in total. The second kappa shape index (κ2) is 4.54. The molecule has 0 radical (unpaired) electrons. The van der Waals surface area contributed by atoms with Crippen LogP contribution in [0.3, 0.4) is 0 Å². The third kappa shape index (κ3) is 3.37. The zero-order valence-electron chi connectivity index (χ0n) is 7.06. The Morgan fingerprint density at radius 1 is 1.46 bits per heavy atom. The molecule has 0 spiro atoms. The van der Waals surface area contributed by atoms with Gasteiger partial charge < -0.3 is 4.74 Å². The van der Waals surface area contributed by atoms with Crippen LogP contribution in [0.1, 0.15) is 12.5 Å². The zero-order valence-corrected chi connectivity index (χ0v) is 10.2. The summed E-state index contributed by atoms with van der Waals surface area (Å²) >= 11 is 14.9. The van der Waals surface area contributed by atoms with Gasteiger partial charge in [-0.2, -0.15) is 0 Å². The van der Waals surface area contributed by atoms with E-state index in [1.54, 1.807) is 6.07 Å². The highest BCUT2D eigenvalue weighted by molar-refractivity contribution is 9.10. The summed E-state index contributed by atoms with van der Waals surface area (Å²) in [6, 6.07) is 7.34. The van der Waals surface area contributed by atoms with Crippen LogP contribution in [-0.2, 0) is 3.24 Å². The van der Waals surface area contributed by atoms with E-state index < -0.39 is 3.24 Å². The van der Waals surface area contributed by atoms with Gasteiger partial charge in [0.15, 0.2) is 3.24 Å². The number of rotatable bonds is 3. The zero-order chi connectivity index (χ0) is 9.90. The van der Waals surface area contributed by atoms with E-state index in [2.05, 4.69) is 15.9 Å². The average Bonchev–Trinajstić information content (AvgIpc) is 2.04. The molecule has 0 saturated carbocycles. The van der Waals surface area contributed by atoms with Crippen LogP contribution in [0.5, 0.6) is 5.75 Å². The summed E-state index contributed by atoms with van der Waals surface area (Å²) in [7, 11) is 0. The van der Waals surface area contributed by atoms with Crippen molar-refractivity contribution in [3.63, 3.8) is 0 Å². The van der Waals surface area contributed by atoms with Gasteiger partial charge in [0, 0.05) is 5.56 Å². The molecule has 13 heavy (non-hydrogen) atoms. The molecule has 0 aliphatic rings. The Labute approximate surface area is 96.1 Å². The molecular weight excluding hydrogens is 275 g/mol. The van der Waals surface area contributed by atoms with Crippen molar-refractivity contribution in [1.82, 2.24) is 0 Å². The quantitative estimate of drug-likeness (QED) is 0.760. The van der Waals surface area contributed by atoms with Gasteiger partial charge in [0.25, 0.3) is 0 Å². The highest BCUT2D eigenvalue weighted by Gasteiger charge is 2.22. The molecule has 72 valence electrons. The molecule has 0 fully saturated rings. The van der Waals surface area contributed by atoms with Crippen molar-refractivity contribution in [3.8, 4) is 5.75 Å². The Morgan fingerprint density at radius 2 is 2.15 bits per heavy atom. The van der Waals surface area contributed by atoms with Crippen LogP contribution < -0.4 is 4.74 Å². The van der Waals surface area contributed by atoms with Crippen molar-refractivity contribution in [2.24, 2.45) is 0 Å². The van der Waals surface area contributed by atoms with Crippen LogP contribution >= 0.6 is 39.1 Å². The largest absolute Gasteiger partial charge is 0.494 e. The Balaban J connectivity index is 2.92. The molecule has 0 heterocycles. The fraction of sp³-hybridized carbons (Fsp3) is 0.333. The van der Waals surface area contributed by atoms with E-state index in [1.807, 2.05) is 25.1 Å². The van der Waals surface area contributed by atoms with E-state index in [1.165, 1.54) is 0 Å². The predicted octanol–water partition coefficient (Wildman–Crippen LogP) is 4.07. The molecule has 4 heteroatoms. The summed E-state index contributed by atoms with van der Waals surface area (Å²) in [6.45, 7) is 2.55. The maximum atomic E-state index is 5.86. The topological polar surface area (TPSA) is 9.23 Å². The van der Waals surface area contributed by atoms with Crippen LogP contribution in [-0.4, -0.2) is 6.61 Å². The Bertz CT molecular complexity index is 283. The van der Waals surface area contributed by atoms with Crippen molar-refractivity contribution in [3.05, 3.63) is 29.8 Å². The first-order valence-electron chi connectivity index (χ1n) is 3.84. The molecule has 0 aromatic heterocycles. The number of ether oxygens (including phenoxy) is 1. The first kappa shape index (κ1) is 11.2. The van der Waals surface area contributed by atoms with Gasteiger partial charge in [-0.3, -0.25) is 0 Å². The van der Waals surface area contributed by atoms with E-state index >= 15 is 0 Å². The SMILES string of the molecule is CCOc1cccc(C(Cl)(Cl)Br)c1. The average molecular weight is 284 g/mol. The van der Waals surface area contributed by atoms with Gasteiger partial charge in [0.1, 0.15) is 5.75 Å². The van der Waals surface area contributed by atoms with Gasteiger partial charge in [0.2, 0.25) is 0 Å². The first-order valence-corrected chi connectivity index (χ1v) is 5.39. The van der Waals surface area contributed by atoms with Crippen molar-refractivity contribution < 1.29 is 4.74 Å². The highest BCUT2D eigenvalue weighted by atomic mass is 79.9. The second-order valence-electron chi connectivity index (χ2n) is 2.46.